The van der Waals surface area contributed by atoms with E-state index in [1.165, 1.54) is 28.0 Å². The van der Waals surface area contributed by atoms with Crippen molar-refractivity contribution in [2.24, 2.45) is 0 Å². The van der Waals surface area contributed by atoms with E-state index in [4.69, 9.17) is 0 Å². The molecular formula is C20H20N2OS. The molecule has 1 aromatic carbocycles. The van der Waals surface area contributed by atoms with Crippen LogP contribution in [0, 0.1) is 20.8 Å². The van der Waals surface area contributed by atoms with Crippen LogP contribution in [0.1, 0.15) is 37.6 Å². The summed E-state index contributed by atoms with van der Waals surface area (Å²) in [5.41, 5.74) is 5.91. The summed E-state index contributed by atoms with van der Waals surface area (Å²) in [6, 6.07) is 10.5. The molecule has 1 aliphatic rings. The van der Waals surface area contributed by atoms with Crippen molar-refractivity contribution in [1.82, 2.24) is 9.88 Å². The highest BCUT2D eigenvalue weighted by Crippen LogP contribution is 2.33. The summed E-state index contributed by atoms with van der Waals surface area (Å²) < 4.78 is 0. The molecule has 3 nitrogen and oxygen atoms in total. The molecule has 0 unspecified atom stereocenters. The molecule has 0 saturated heterocycles. The molecule has 0 fully saturated rings. The number of carbonyl (C=O) groups is 1. The second-order valence-corrected chi connectivity index (χ2v) is 7.56. The topological polar surface area (TPSA) is 33.2 Å². The largest absolute Gasteiger partial charge is 0.333 e. The Bertz CT molecular complexity index is 958. The second-order valence-electron chi connectivity index (χ2n) is 6.56. The monoisotopic (exact) mass is 336 g/mol. The molecule has 3 aromatic rings. The summed E-state index contributed by atoms with van der Waals surface area (Å²) in [4.78, 5) is 21.5. The molecule has 4 rings (SSSR count). The predicted molar refractivity (Wildman–Crippen MR) is 98.7 cm³/mol. The van der Waals surface area contributed by atoms with Gasteiger partial charge in [0.15, 0.2) is 0 Å². The first-order valence-corrected chi connectivity index (χ1v) is 9.09. The van der Waals surface area contributed by atoms with Gasteiger partial charge in [-0.1, -0.05) is 24.3 Å². The first kappa shape index (κ1) is 15.3. The summed E-state index contributed by atoms with van der Waals surface area (Å²) in [6.45, 7) is 7.64. The van der Waals surface area contributed by atoms with Crippen molar-refractivity contribution in [1.29, 1.82) is 0 Å². The van der Waals surface area contributed by atoms with E-state index < -0.39 is 0 Å². The fraction of sp³-hybridized carbons (Fsp3) is 0.300. The van der Waals surface area contributed by atoms with Gasteiger partial charge in [0.25, 0.3) is 5.91 Å². The lowest BCUT2D eigenvalue weighted by Crippen LogP contribution is -2.35. The first-order valence-electron chi connectivity index (χ1n) is 8.28. The molecule has 0 bridgehead atoms. The summed E-state index contributed by atoms with van der Waals surface area (Å²) in [5, 5.41) is 1.14. The van der Waals surface area contributed by atoms with E-state index in [0.29, 0.717) is 6.54 Å². The Kier molecular flexibility index (Phi) is 3.65. The third kappa shape index (κ3) is 2.42. The number of aromatic nitrogens is 1. The molecular weight excluding hydrogens is 316 g/mol. The van der Waals surface area contributed by atoms with Gasteiger partial charge in [-0.05, 0) is 55.5 Å². The first-order chi connectivity index (χ1) is 11.5. The maximum Gasteiger partial charge on any atom is 0.264 e. The van der Waals surface area contributed by atoms with Gasteiger partial charge in [-0.25, -0.2) is 4.98 Å². The van der Waals surface area contributed by atoms with Crippen molar-refractivity contribution in [3.05, 3.63) is 63.2 Å². The minimum atomic E-state index is 0.141. The fourth-order valence-corrected chi connectivity index (χ4v) is 4.91. The van der Waals surface area contributed by atoms with Crippen molar-refractivity contribution in [2.45, 2.75) is 33.7 Å². The third-order valence-electron chi connectivity index (χ3n) is 4.84. The molecule has 3 heterocycles. The molecule has 0 saturated carbocycles. The normalized spacial score (nSPS) is 14.0. The number of thiophene rings is 1. The number of benzene rings is 1. The SMILES string of the molecule is Cc1cc(C)c2c(C)c(C(=O)N3CCc4ccccc4C3)sc2n1. The number of carbonyl (C=O) groups excluding carboxylic acids is 1. The molecule has 0 radical (unpaired) electrons. The zero-order valence-electron chi connectivity index (χ0n) is 14.2. The number of fused-ring (bicyclic) bond motifs is 2. The van der Waals surface area contributed by atoms with Gasteiger partial charge in [0.05, 0.1) is 4.88 Å². The molecule has 0 N–H and O–H groups in total. The van der Waals surface area contributed by atoms with Gasteiger partial charge in [0, 0.05) is 24.2 Å². The van der Waals surface area contributed by atoms with Gasteiger partial charge in [-0.2, -0.15) is 0 Å². The van der Waals surface area contributed by atoms with Crippen LogP contribution in [-0.4, -0.2) is 22.3 Å². The van der Waals surface area contributed by atoms with Crippen LogP contribution in [0.15, 0.2) is 30.3 Å². The van der Waals surface area contributed by atoms with Gasteiger partial charge < -0.3 is 4.90 Å². The summed E-state index contributed by atoms with van der Waals surface area (Å²) in [5.74, 6) is 0.141. The quantitative estimate of drug-likeness (QED) is 0.659. The lowest BCUT2D eigenvalue weighted by molar-refractivity contribution is 0.0739. The Balaban J connectivity index is 1.72. The zero-order chi connectivity index (χ0) is 16.8. The van der Waals surface area contributed by atoms with Crippen molar-refractivity contribution in [3.63, 3.8) is 0 Å². The molecule has 1 amide bonds. The molecule has 0 atom stereocenters. The van der Waals surface area contributed by atoms with Crippen LogP contribution in [0.4, 0.5) is 0 Å². The van der Waals surface area contributed by atoms with Crippen molar-refractivity contribution in [2.75, 3.05) is 6.54 Å². The highest BCUT2D eigenvalue weighted by atomic mass is 32.1. The van der Waals surface area contributed by atoms with Crippen LogP contribution in [0.25, 0.3) is 10.2 Å². The Hall–Kier alpha value is -2.20. The Morgan fingerprint density at radius 2 is 1.92 bits per heavy atom. The van der Waals surface area contributed by atoms with Crippen LogP contribution >= 0.6 is 11.3 Å². The molecule has 2 aromatic heterocycles. The number of pyridine rings is 1. The van der Waals surface area contributed by atoms with E-state index in [-0.39, 0.29) is 5.91 Å². The van der Waals surface area contributed by atoms with E-state index >= 15 is 0 Å². The number of amides is 1. The van der Waals surface area contributed by atoms with Gasteiger partial charge >= 0.3 is 0 Å². The van der Waals surface area contributed by atoms with Gasteiger partial charge in [0.2, 0.25) is 0 Å². The van der Waals surface area contributed by atoms with Gasteiger partial charge in [-0.15, -0.1) is 11.3 Å². The third-order valence-corrected chi connectivity index (χ3v) is 6.01. The fourth-order valence-electron chi connectivity index (χ4n) is 3.64. The van der Waals surface area contributed by atoms with Crippen molar-refractivity contribution < 1.29 is 4.79 Å². The van der Waals surface area contributed by atoms with E-state index in [1.54, 1.807) is 0 Å². The van der Waals surface area contributed by atoms with Crippen LogP contribution < -0.4 is 0 Å². The number of hydrogen-bond acceptors (Lipinski definition) is 3. The lowest BCUT2D eigenvalue weighted by Gasteiger charge is -2.28. The number of nitrogens with zero attached hydrogens (tertiary/aromatic N) is 2. The zero-order valence-corrected chi connectivity index (χ0v) is 15.0. The molecule has 122 valence electrons. The lowest BCUT2D eigenvalue weighted by atomic mass is 9.99. The summed E-state index contributed by atoms with van der Waals surface area (Å²) in [6.07, 6.45) is 0.933. The van der Waals surface area contributed by atoms with Crippen molar-refractivity contribution in [3.8, 4) is 0 Å². The predicted octanol–water partition coefficient (Wildman–Crippen LogP) is 4.42. The smallest absolute Gasteiger partial charge is 0.264 e. The van der Waals surface area contributed by atoms with Gasteiger partial charge in [-0.3, -0.25) is 4.79 Å². The number of hydrogen-bond donors (Lipinski definition) is 0. The maximum absolute atomic E-state index is 13.1. The average Bonchev–Trinajstić information content (AvgIpc) is 2.90. The molecule has 0 spiro atoms. The molecule has 1 aliphatic heterocycles. The highest BCUT2D eigenvalue weighted by Gasteiger charge is 2.25. The van der Waals surface area contributed by atoms with Crippen LogP contribution in [0.3, 0.4) is 0 Å². The minimum Gasteiger partial charge on any atom is -0.333 e. The molecule has 0 aliphatic carbocycles. The van der Waals surface area contributed by atoms with Gasteiger partial charge in [0.1, 0.15) is 4.83 Å². The average molecular weight is 336 g/mol. The van der Waals surface area contributed by atoms with E-state index in [0.717, 1.165) is 39.3 Å². The van der Waals surface area contributed by atoms with Crippen LogP contribution in [0.5, 0.6) is 0 Å². The van der Waals surface area contributed by atoms with E-state index in [1.807, 2.05) is 24.8 Å². The minimum absolute atomic E-state index is 0.141. The Labute approximate surface area is 146 Å². The summed E-state index contributed by atoms with van der Waals surface area (Å²) >= 11 is 1.53. The summed E-state index contributed by atoms with van der Waals surface area (Å²) in [7, 11) is 0. The van der Waals surface area contributed by atoms with E-state index in [2.05, 4.69) is 36.2 Å². The van der Waals surface area contributed by atoms with Crippen molar-refractivity contribution >= 4 is 27.5 Å². The van der Waals surface area contributed by atoms with Crippen LogP contribution in [0.2, 0.25) is 0 Å². The maximum atomic E-state index is 13.1. The number of aryl methyl sites for hydroxylation is 3. The second kappa shape index (κ2) is 5.71. The Morgan fingerprint density at radius 1 is 1.17 bits per heavy atom. The van der Waals surface area contributed by atoms with E-state index in [9.17, 15) is 4.79 Å². The molecule has 4 heteroatoms. The van der Waals surface area contributed by atoms with Crippen LogP contribution in [-0.2, 0) is 13.0 Å². The highest BCUT2D eigenvalue weighted by molar-refractivity contribution is 7.20. The number of rotatable bonds is 1. The molecule has 24 heavy (non-hydrogen) atoms. The Morgan fingerprint density at radius 3 is 2.71 bits per heavy atom. The standard InChI is InChI=1S/C20H20N2OS/c1-12-10-13(2)21-19-17(12)14(3)18(24-19)20(23)22-9-8-15-6-4-5-7-16(15)11-22/h4-7,10H,8-9,11H2,1-3H3.